The molecule has 1 rings (SSSR count). The summed E-state index contributed by atoms with van der Waals surface area (Å²) in [5.41, 5.74) is 0.836. The van der Waals surface area contributed by atoms with Crippen LogP contribution in [0.25, 0.3) is 0 Å². The third-order valence-corrected chi connectivity index (χ3v) is 3.38. The Kier molecular flexibility index (Phi) is 5.42. The van der Waals surface area contributed by atoms with E-state index in [4.69, 9.17) is 5.11 Å². The van der Waals surface area contributed by atoms with Gasteiger partial charge in [-0.05, 0) is 13.3 Å². The molecule has 1 aromatic rings. The average Bonchev–Trinajstić information content (AvgIpc) is 2.73. The molecule has 1 amide bonds. The number of hydrogen-bond acceptors (Lipinski definition) is 4. The fourth-order valence-electron chi connectivity index (χ4n) is 1.44. The second-order valence-corrected chi connectivity index (χ2v) is 4.40. The molecule has 0 aliphatic rings. The van der Waals surface area contributed by atoms with Gasteiger partial charge in [-0.25, -0.2) is 4.98 Å². The Labute approximate surface area is 99.9 Å². The van der Waals surface area contributed by atoms with Gasteiger partial charge in [-0.1, -0.05) is 6.92 Å². The van der Waals surface area contributed by atoms with Crippen molar-refractivity contribution in [1.82, 2.24) is 9.88 Å². The van der Waals surface area contributed by atoms with Crippen LogP contribution in [-0.2, 0) is 17.6 Å². The van der Waals surface area contributed by atoms with E-state index in [0.29, 0.717) is 19.5 Å². The predicted octanol–water partition coefficient (Wildman–Crippen LogP) is 1.09. The van der Waals surface area contributed by atoms with Crippen molar-refractivity contribution in [2.75, 3.05) is 19.7 Å². The minimum Gasteiger partial charge on any atom is -0.395 e. The molecule has 0 fully saturated rings. The van der Waals surface area contributed by atoms with Gasteiger partial charge in [0.25, 0.3) is 0 Å². The summed E-state index contributed by atoms with van der Waals surface area (Å²) in [5.74, 6) is 0.0319. The molecule has 1 N–H and O–H groups in total. The van der Waals surface area contributed by atoms with Crippen LogP contribution in [0.1, 0.15) is 24.5 Å². The van der Waals surface area contributed by atoms with E-state index in [1.54, 1.807) is 16.2 Å². The van der Waals surface area contributed by atoms with Crippen LogP contribution in [0.5, 0.6) is 0 Å². The minimum absolute atomic E-state index is 0.0108. The largest absolute Gasteiger partial charge is 0.395 e. The topological polar surface area (TPSA) is 53.4 Å². The highest BCUT2D eigenvalue weighted by atomic mass is 32.1. The van der Waals surface area contributed by atoms with E-state index < -0.39 is 0 Å². The van der Waals surface area contributed by atoms with Gasteiger partial charge in [0.1, 0.15) is 0 Å². The minimum atomic E-state index is 0.0108. The molecule has 0 saturated carbocycles. The van der Waals surface area contributed by atoms with Gasteiger partial charge in [0.05, 0.1) is 23.7 Å². The molecule has 0 atom stereocenters. The van der Waals surface area contributed by atoms with Gasteiger partial charge in [-0.3, -0.25) is 4.79 Å². The summed E-state index contributed by atoms with van der Waals surface area (Å²) in [6.45, 7) is 5.00. The van der Waals surface area contributed by atoms with E-state index >= 15 is 0 Å². The summed E-state index contributed by atoms with van der Waals surface area (Å²) in [6.07, 6.45) is 1.25. The van der Waals surface area contributed by atoms with Crippen molar-refractivity contribution >= 4 is 17.2 Å². The van der Waals surface area contributed by atoms with Crippen LogP contribution in [0.4, 0.5) is 0 Å². The molecule has 4 nitrogen and oxygen atoms in total. The van der Waals surface area contributed by atoms with Crippen molar-refractivity contribution in [3.8, 4) is 0 Å². The average molecular weight is 242 g/mol. The summed E-state index contributed by atoms with van der Waals surface area (Å²) < 4.78 is 0. The van der Waals surface area contributed by atoms with Gasteiger partial charge in [-0.15, -0.1) is 11.3 Å². The molecule has 0 spiro atoms. The number of amides is 1. The SMILES string of the molecule is CCc1nc(CC(=O)N(CC)CCO)cs1. The molecular weight excluding hydrogens is 224 g/mol. The first-order valence-electron chi connectivity index (χ1n) is 5.53. The summed E-state index contributed by atoms with van der Waals surface area (Å²) >= 11 is 1.59. The number of likely N-dealkylation sites (N-methyl/N-ethyl adjacent to an activating group) is 1. The van der Waals surface area contributed by atoms with Gasteiger partial charge in [-0.2, -0.15) is 0 Å². The maximum atomic E-state index is 11.8. The lowest BCUT2D eigenvalue weighted by Gasteiger charge is -2.18. The van der Waals surface area contributed by atoms with Gasteiger partial charge in [0.15, 0.2) is 0 Å². The second kappa shape index (κ2) is 6.60. The van der Waals surface area contributed by atoms with Crippen LogP contribution in [0.3, 0.4) is 0 Å². The molecule has 0 unspecified atom stereocenters. The lowest BCUT2D eigenvalue weighted by molar-refractivity contribution is -0.130. The number of aromatic nitrogens is 1. The molecule has 0 aromatic carbocycles. The van der Waals surface area contributed by atoms with E-state index in [9.17, 15) is 4.79 Å². The number of aliphatic hydroxyl groups is 1. The highest BCUT2D eigenvalue weighted by Gasteiger charge is 2.13. The van der Waals surface area contributed by atoms with Crippen molar-refractivity contribution in [2.45, 2.75) is 26.7 Å². The fraction of sp³-hybridized carbons (Fsp3) is 0.636. The van der Waals surface area contributed by atoms with Crippen LogP contribution >= 0.6 is 11.3 Å². The Bertz CT molecular complexity index is 338. The van der Waals surface area contributed by atoms with Crippen LogP contribution in [0.15, 0.2) is 5.38 Å². The van der Waals surface area contributed by atoms with Gasteiger partial charge >= 0.3 is 0 Å². The first-order chi connectivity index (χ1) is 7.71. The highest BCUT2D eigenvalue weighted by Crippen LogP contribution is 2.11. The van der Waals surface area contributed by atoms with Crippen molar-refractivity contribution < 1.29 is 9.90 Å². The standard InChI is InChI=1S/C11H18N2O2S/c1-3-10-12-9(8-16-10)7-11(15)13(4-2)5-6-14/h8,14H,3-7H2,1-2H3. The molecule has 1 aromatic heterocycles. The molecule has 0 radical (unpaired) electrons. The summed E-state index contributed by atoms with van der Waals surface area (Å²) in [5, 5.41) is 11.8. The summed E-state index contributed by atoms with van der Waals surface area (Å²) in [4.78, 5) is 17.8. The molecule has 0 saturated heterocycles. The van der Waals surface area contributed by atoms with E-state index in [-0.39, 0.29) is 12.5 Å². The van der Waals surface area contributed by atoms with Crippen molar-refractivity contribution in [3.63, 3.8) is 0 Å². The van der Waals surface area contributed by atoms with Crippen molar-refractivity contribution in [1.29, 1.82) is 0 Å². The zero-order chi connectivity index (χ0) is 12.0. The molecule has 0 aliphatic heterocycles. The van der Waals surface area contributed by atoms with Crippen LogP contribution in [0.2, 0.25) is 0 Å². The number of thiazole rings is 1. The lowest BCUT2D eigenvalue weighted by Crippen LogP contribution is -2.34. The van der Waals surface area contributed by atoms with E-state index in [1.165, 1.54) is 0 Å². The van der Waals surface area contributed by atoms with Crippen LogP contribution < -0.4 is 0 Å². The molecule has 5 heteroatoms. The molecule has 0 aliphatic carbocycles. The maximum absolute atomic E-state index is 11.8. The number of hydrogen-bond donors (Lipinski definition) is 1. The van der Waals surface area contributed by atoms with Gasteiger partial charge < -0.3 is 10.0 Å². The number of rotatable bonds is 6. The zero-order valence-corrected chi connectivity index (χ0v) is 10.6. The Morgan fingerprint density at radius 3 is 2.81 bits per heavy atom. The quantitative estimate of drug-likeness (QED) is 0.812. The summed E-state index contributed by atoms with van der Waals surface area (Å²) in [7, 11) is 0. The van der Waals surface area contributed by atoms with Crippen LogP contribution in [0, 0.1) is 0 Å². The first kappa shape index (κ1) is 13.1. The van der Waals surface area contributed by atoms with Crippen LogP contribution in [-0.4, -0.2) is 40.6 Å². The highest BCUT2D eigenvalue weighted by molar-refractivity contribution is 7.09. The smallest absolute Gasteiger partial charge is 0.228 e. The molecular formula is C11H18N2O2S. The molecule has 1 heterocycles. The Balaban J connectivity index is 2.55. The monoisotopic (exact) mass is 242 g/mol. The maximum Gasteiger partial charge on any atom is 0.228 e. The number of aliphatic hydroxyl groups excluding tert-OH is 1. The number of nitrogens with zero attached hydrogens (tertiary/aromatic N) is 2. The predicted molar refractivity (Wildman–Crippen MR) is 64.5 cm³/mol. The Morgan fingerprint density at radius 1 is 1.56 bits per heavy atom. The molecule has 90 valence electrons. The number of carbonyl (C=O) groups is 1. The molecule has 16 heavy (non-hydrogen) atoms. The van der Waals surface area contributed by atoms with E-state index in [0.717, 1.165) is 17.1 Å². The first-order valence-corrected chi connectivity index (χ1v) is 6.41. The Morgan fingerprint density at radius 2 is 2.31 bits per heavy atom. The third kappa shape index (κ3) is 3.57. The fourth-order valence-corrected chi connectivity index (χ4v) is 2.18. The normalized spacial score (nSPS) is 10.4. The Hall–Kier alpha value is -0.940. The number of carbonyl (C=O) groups excluding carboxylic acids is 1. The van der Waals surface area contributed by atoms with E-state index in [1.807, 2.05) is 12.3 Å². The zero-order valence-electron chi connectivity index (χ0n) is 9.77. The van der Waals surface area contributed by atoms with Crippen molar-refractivity contribution in [3.05, 3.63) is 16.1 Å². The lowest BCUT2D eigenvalue weighted by atomic mass is 10.3. The van der Waals surface area contributed by atoms with E-state index in [2.05, 4.69) is 11.9 Å². The third-order valence-electron chi connectivity index (χ3n) is 2.34. The van der Waals surface area contributed by atoms with Gasteiger partial charge in [0, 0.05) is 18.5 Å². The van der Waals surface area contributed by atoms with Gasteiger partial charge in [0.2, 0.25) is 5.91 Å². The molecule has 0 bridgehead atoms. The van der Waals surface area contributed by atoms with Crippen molar-refractivity contribution in [2.24, 2.45) is 0 Å². The second-order valence-electron chi connectivity index (χ2n) is 3.46. The number of aryl methyl sites for hydroxylation is 1. The summed E-state index contributed by atoms with van der Waals surface area (Å²) in [6, 6.07) is 0.